The molecule has 86 valence electrons. The van der Waals surface area contributed by atoms with E-state index in [1.54, 1.807) is 0 Å². The van der Waals surface area contributed by atoms with Crippen LogP contribution in [0.25, 0.3) is 0 Å². The zero-order chi connectivity index (χ0) is 11.6. The van der Waals surface area contributed by atoms with Crippen molar-refractivity contribution in [1.29, 1.82) is 0 Å². The summed E-state index contributed by atoms with van der Waals surface area (Å²) in [6.07, 6.45) is 8.20. The number of hydrogen-bond donors (Lipinski definition) is 0. The summed E-state index contributed by atoms with van der Waals surface area (Å²) in [6.45, 7) is 3.05. The molecule has 1 aliphatic rings. The minimum absolute atomic E-state index is 0.0128. The number of ether oxygens (including phenoxy) is 2. The van der Waals surface area contributed by atoms with Crippen LogP contribution in [0, 0.1) is 10.5 Å². The van der Waals surface area contributed by atoms with Crippen molar-refractivity contribution in [2.24, 2.45) is 0 Å². The number of rotatable bonds is 6. The van der Waals surface area contributed by atoms with E-state index in [1.165, 1.54) is 32.1 Å². The van der Waals surface area contributed by atoms with Crippen molar-refractivity contribution in [2.45, 2.75) is 64.3 Å². The molecule has 0 bridgehead atoms. The van der Waals surface area contributed by atoms with Gasteiger partial charge < -0.3 is 0 Å². The molecule has 3 heteroatoms. The Morgan fingerprint density at radius 3 is 2.94 bits per heavy atom. The fourth-order valence-electron chi connectivity index (χ4n) is 1.92. The van der Waals surface area contributed by atoms with E-state index in [-0.39, 0.29) is 12.4 Å². The van der Waals surface area contributed by atoms with E-state index >= 15 is 0 Å². The molecule has 0 aliphatic carbocycles. The summed E-state index contributed by atoms with van der Waals surface area (Å²) < 4.78 is 14.4. The Bertz CT molecular complexity index is 226. The third kappa shape index (κ3) is 5.97. The van der Waals surface area contributed by atoms with Crippen molar-refractivity contribution in [3.05, 3.63) is 0 Å². The van der Waals surface area contributed by atoms with Gasteiger partial charge in [-0.25, -0.2) is 0 Å². The number of hydrogen-bond acceptors (Lipinski definition) is 2. The van der Waals surface area contributed by atoms with Crippen LogP contribution in [0.4, 0.5) is 0 Å². The second-order valence-corrected chi connectivity index (χ2v) is 4.31. The molecule has 0 saturated carbocycles. The second kappa shape index (κ2) is 9.14. The van der Waals surface area contributed by atoms with Crippen LogP contribution in [0.1, 0.15) is 51.9 Å². The molecule has 0 N–H and O–H groups in total. The normalized spacial score (nSPS) is 22.3. The van der Waals surface area contributed by atoms with Gasteiger partial charge in [-0.3, -0.25) is 0 Å². The van der Waals surface area contributed by atoms with E-state index in [1.807, 2.05) is 17.7 Å². The Labute approximate surface area is 109 Å². The molecular weight excluding hydrogens is 195 g/mol. The van der Waals surface area contributed by atoms with Crippen LogP contribution >= 0.6 is 0 Å². The van der Waals surface area contributed by atoms with Gasteiger partial charge in [-0.15, -0.1) is 0 Å². The van der Waals surface area contributed by atoms with Crippen LogP contribution in [0.3, 0.4) is 0 Å². The molecule has 1 fully saturated rings. The summed E-state index contributed by atoms with van der Waals surface area (Å²) in [4.78, 5) is 0. The van der Waals surface area contributed by atoms with E-state index in [9.17, 15) is 0 Å². The van der Waals surface area contributed by atoms with E-state index in [0.717, 1.165) is 19.4 Å². The molecule has 0 spiro atoms. The minimum atomic E-state index is -0.0128. The summed E-state index contributed by atoms with van der Waals surface area (Å²) >= 11 is 1.87. The van der Waals surface area contributed by atoms with Crippen molar-refractivity contribution in [3.63, 3.8) is 0 Å². The topological polar surface area (TPSA) is 18.5 Å². The van der Waals surface area contributed by atoms with Crippen LogP contribution in [0.5, 0.6) is 0 Å². The molecule has 16 heavy (non-hydrogen) atoms. The molecule has 1 heterocycles. The first-order valence-electron chi connectivity index (χ1n) is 6.56. The van der Waals surface area contributed by atoms with Gasteiger partial charge in [0.1, 0.15) is 0 Å². The first kappa shape index (κ1) is 14.1. The first-order chi connectivity index (χ1) is 7.86. The Balaban J connectivity index is 2.27. The van der Waals surface area contributed by atoms with Crippen molar-refractivity contribution in [3.8, 4) is 10.5 Å². The maximum absolute atomic E-state index is 5.88. The Morgan fingerprint density at radius 2 is 2.31 bits per heavy atom. The Hall–Kier alpha value is 0.0774. The zero-order valence-electron chi connectivity index (χ0n) is 10.6. The second-order valence-electron chi connectivity index (χ2n) is 4.31. The van der Waals surface area contributed by atoms with Gasteiger partial charge in [-0.2, -0.15) is 0 Å². The van der Waals surface area contributed by atoms with Crippen molar-refractivity contribution in [2.75, 3.05) is 6.61 Å². The van der Waals surface area contributed by atoms with E-state index in [0.29, 0.717) is 0 Å². The van der Waals surface area contributed by atoms with Crippen molar-refractivity contribution < 1.29 is 9.47 Å². The molecule has 1 saturated heterocycles. The molecule has 0 radical (unpaired) electrons. The van der Waals surface area contributed by atoms with Gasteiger partial charge in [0, 0.05) is 0 Å². The first-order valence-corrected chi connectivity index (χ1v) is 6.56. The van der Waals surface area contributed by atoms with Crippen LogP contribution < -0.4 is 0 Å². The third-order valence-corrected chi connectivity index (χ3v) is 2.83. The maximum atomic E-state index is 5.88. The van der Waals surface area contributed by atoms with Gasteiger partial charge in [-0.05, 0) is 0 Å². The van der Waals surface area contributed by atoms with Gasteiger partial charge in [0.25, 0.3) is 0 Å². The van der Waals surface area contributed by atoms with E-state index in [2.05, 4.69) is 17.4 Å². The van der Waals surface area contributed by atoms with E-state index in [4.69, 9.17) is 9.47 Å². The fraction of sp³-hybridized carbons (Fsp3) is 0.846. The molecule has 2 unspecified atom stereocenters. The van der Waals surface area contributed by atoms with Gasteiger partial charge in [0.05, 0.1) is 0 Å². The Morgan fingerprint density at radius 1 is 1.44 bits per heavy atom. The summed E-state index contributed by atoms with van der Waals surface area (Å²) in [5, 5.41) is 0. The van der Waals surface area contributed by atoms with Crippen molar-refractivity contribution in [1.82, 2.24) is 0 Å². The Kier molecular flexibility index (Phi) is 8.08. The number of unbranched alkanes of at least 4 members (excludes halogenated alkanes) is 2. The molecular formula is C13H21LiO2. The van der Waals surface area contributed by atoms with E-state index < -0.39 is 0 Å². The summed E-state index contributed by atoms with van der Waals surface area (Å²) in [6, 6.07) is 0. The SMILES string of the molecule is [Li][C]#CC(CCCCC)OC1CCCCO1. The molecule has 2 atom stereocenters. The van der Waals surface area contributed by atoms with Crippen LogP contribution in [0.2, 0.25) is 0 Å². The quantitative estimate of drug-likeness (QED) is 0.386. The molecule has 2 nitrogen and oxygen atoms in total. The van der Waals surface area contributed by atoms with Crippen molar-refractivity contribution >= 4 is 17.7 Å². The van der Waals surface area contributed by atoms with Crippen LogP contribution in [0.15, 0.2) is 0 Å². The molecule has 0 aromatic rings. The van der Waals surface area contributed by atoms with Gasteiger partial charge >= 0.3 is 109 Å². The average Bonchev–Trinajstić information content (AvgIpc) is 2.31. The molecule has 1 aliphatic heterocycles. The van der Waals surface area contributed by atoms with Gasteiger partial charge in [0.2, 0.25) is 0 Å². The molecule has 0 aromatic carbocycles. The standard InChI is InChI=1S/C13H21O2.Li/c1-3-5-6-9-12(4-2)15-13-10-7-8-11-14-13;/h12-13H,3,5-11H2,1H3;. The molecule has 0 amide bonds. The average molecular weight is 216 g/mol. The summed E-state index contributed by atoms with van der Waals surface area (Å²) in [5.41, 5.74) is 0. The summed E-state index contributed by atoms with van der Waals surface area (Å²) in [5.74, 6) is 3.14. The third-order valence-electron chi connectivity index (χ3n) is 2.83. The predicted molar refractivity (Wildman–Crippen MR) is 66.1 cm³/mol. The summed E-state index contributed by atoms with van der Waals surface area (Å²) in [7, 11) is 0. The molecule has 1 rings (SSSR count). The van der Waals surface area contributed by atoms with Gasteiger partial charge in [-0.1, -0.05) is 0 Å². The van der Waals surface area contributed by atoms with Crippen LogP contribution in [-0.2, 0) is 9.47 Å². The monoisotopic (exact) mass is 216 g/mol. The zero-order valence-corrected chi connectivity index (χ0v) is 10.6. The fourth-order valence-corrected chi connectivity index (χ4v) is 1.92. The van der Waals surface area contributed by atoms with Crippen LogP contribution in [-0.4, -0.2) is 36.7 Å². The molecule has 0 aromatic heterocycles. The predicted octanol–water partition coefficient (Wildman–Crippen LogP) is 2.61. The van der Waals surface area contributed by atoms with Gasteiger partial charge in [0.15, 0.2) is 0 Å².